The molecule has 4 rings (SSSR count). The predicted octanol–water partition coefficient (Wildman–Crippen LogP) is 5.74. The molecule has 0 radical (unpaired) electrons. The Morgan fingerprint density at radius 3 is 2.55 bits per heavy atom. The van der Waals surface area contributed by atoms with Crippen LogP contribution in [0.25, 0.3) is 11.3 Å². The second-order valence-corrected chi connectivity index (χ2v) is 7.38. The Morgan fingerprint density at radius 1 is 1.03 bits per heavy atom. The van der Waals surface area contributed by atoms with Crippen LogP contribution >= 0.6 is 11.3 Å². The van der Waals surface area contributed by atoms with Gasteiger partial charge < -0.3 is 4.74 Å². The molecule has 0 aliphatic heterocycles. The van der Waals surface area contributed by atoms with Crippen molar-refractivity contribution in [3.05, 3.63) is 105 Å². The zero-order valence-corrected chi connectivity index (χ0v) is 17.2. The molecule has 0 amide bonds. The van der Waals surface area contributed by atoms with Crippen molar-refractivity contribution in [3.8, 4) is 17.0 Å². The Bertz CT molecular complexity index is 1190. The zero-order valence-electron chi connectivity index (χ0n) is 16.3. The first kappa shape index (κ1) is 20.2. The molecule has 1 aromatic heterocycles. The Morgan fingerprint density at radius 2 is 1.77 bits per heavy atom. The van der Waals surface area contributed by atoms with Crippen molar-refractivity contribution in [2.75, 3.05) is 5.43 Å². The van der Waals surface area contributed by atoms with Crippen LogP contribution in [-0.4, -0.2) is 16.1 Å². The lowest BCUT2D eigenvalue weighted by Crippen LogP contribution is -1.99. The summed E-state index contributed by atoms with van der Waals surface area (Å²) >= 11 is 1.40. The van der Waals surface area contributed by atoms with Crippen LogP contribution in [0.4, 0.5) is 10.8 Å². The number of nitrogens with zero attached hydrogens (tertiary/aromatic N) is 3. The number of thiazole rings is 1. The number of nitro groups is 1. The van der Waals surface area contributed by atoms with Crippen molar-refractivity contribution >= 4 is 28.4 Å². The fraction of sp³-hybridized carbons (Fsp3) is 0.0435. The van der Waals surface area contributed by atoms with Crippen molar-refractivity contribution < 1.29 is 9.66 Å². The molecular weight excluding hydrogens is 412 g/mol. The van der Waals surface area contributed by atoms with Gasteiger partial charge in [-0.3, -0.25) is 15.5 Å². The highest BCUT2D eigenvalue weighted by molar-refractivity contribution is 7.14. The summed E-state index contributed by atoms with van der Waals surface area (Å²) in [5, 5.41) is 17.5. The van der Waals surface area contributed by atoms with Gasteiger partial charge in [0.2, 0.25) is 5.13 Å². The molecule has 0 bridgehead atoms. The van der Waals surface area contributed by atoms with Crippen LogP contribution in [0.15, 0.2) is 89.3 Å². The molecule has 154 valence electrons. The van der Waals surface area contributed by atoms with Crippen LogP contribution in [0.2, 0.25) is 0 Å². The molecule has 1 heterocycles. The van der Waals surface area contributed by atoms with E-state index in [1.165, 1.54) is 23.5 Å². The summed E-state index contributed by atoms with van der Waals surface area (Å²) in [6.07, 6.45) is 1.69. The van der Waals surface area contributed by atoms with E-state index >= 15 is 0 Å². The molecule has 0 atom stereocenters. The number of para-hydroxylation sites is 1. The van der Waals surface area contributed by atoms with Gasteiger partial charge >= 0.3 is 0 Å². The molecule has 8 heteroatoms. The van der Waals surface area contributed by atoms with Gasteiger partial charge in [-0.1, -0.05) is 42.5 Å². The standard InChI is InChI=1S/C23H18N4O3S/c28-27(29)20-12-10-18(11-13-20)21-16-31-23(25-21)26-24-14-19-8-4-5-9-22(19)30-15-17-6-2-1-3-7-17/h1-14,16H,15H2,(H,25,26)/b24-14-. The Hall–Kier alpha value is -4.04. The monoisotopic (exact) mass is 430 g/mol. The van der Waals surface area contributed by atoms with Crippen LogP contribution in [-0.2, 0) is 6.61 Å². The molecule has 7 nitrogen and oxygen atoms in total. The van der Waals surface area contributed by atoms with Crippen LogP contribution < -0.4 is 10.2 Å². The molecule has 0 aliphatic rings. The Labute approximate surface area is 182 Å². The van der Waals surface area contributed by atoms with Gasteiger partial charge in [-0.05, 0) is 29.8 Å². The molecule has 0 unspecified atom stereocenters. The minimum Gasteiger partial charge on any atom is -0.488 e. The third-order valence-electron chi connectivity index (χ3n) is 4.40. The number of anilines is 1. The third-order valence-corrected chi connectivity index (χ3v) is 5.15. The first-order valence-corrected chi connectivity index (χ1v) is 10.3. The van der Waals surface area contributed by atoms with Crippen molar-refractivity contribution in [1.29, 1.82) is 0 Å². The number of aromatic nitrogens is 1. The lowest BCUT2D eigenvalue weighted by atomic mass is 10.1. The molecular formula is C23H18N4O3S. The summed E-state index contributed by atoms with van der Waals surface area (Å²) in [5.41, 5.74) is 6.45. The van der Waals surface area contributed by atoms with E-state index in [9.17, 15) is 10.1 Å². The van der Waals surface area contributed by atoms with E-state index < -0.39 is 4.92 Å². The van der Waals surface area contributed by atoms with Gasteiger partial charge in [0.05, 0.1) is 16.8 Å². The second-order valence-electron chi connectivity index (χ2n) is 6.52. The lowest BCUT2D eigenvalue weighted by molar-refractivity contribution is -0.384. The highest BCUT2D eigenvalue weighted by Crippen LogP contribution is 2.26. The number of nitro benzene ring substituents is 1. The molecule has 0 spiro atoms. The number of nitrogens with one attached hydrogen (secondary N) is 1. The number of rotatable bonds is 8. The summed E-state index contributed by atoms with van der Waals surface area (Å²) in [5.74, 6) is 0.739. The summed E-state index contributed by atoms with van der Waals surface area (Å²) < 4.78 is 5.93. The molecule has 0 fully saturated rings. The summed E-state index contributed by atoms with van der Waals surface area (Å²) in [6, 6.07) is 23.9. The minimum atomic E-state index is -0.423. The van der Waals surface area contributed by atoms with E-state index in [1.54, 1.807) is 18.3 Å². The summed E-state index contributed by atoms with van der Waals surface area (Å²) in [7, 11) is 0. The topological polar surface area (TPSA) is 89.7 Å². The molecule has 0 aliphatic carbocycles. The molecule has 0 saturated heterocycles. The van der Waals surface area contributed by atoms with Gasteiger partial charge in [0, 0.05) is 28.6 Å². The largest absolute Gasteiger partial charge is 0.488 e. The number of benzene rings is 3. The fourth-order valence-corrected chi connectivity index (χ4v) is 3.49. The first-order chi connectivity index (χ1) is 15.2. The van der Waals surface area contributed by atoms with Crippen LogP contribution in [0, 0.1) is 10.1 Å². The number of hydrogen-bond acceptors (Lipinski definition) is 7. The van der Waals surface area contributed by atoms with E-state index in [4.69, 9.17) is 4.74 Å². The number of hydrazone groups is 1. The van der Waals surface area contributed by atoms with Crippen molar-refractivity contribution in [2.24, 2.45) is 5.10 Å². The third kappa shape index (κ3) is 5.31. The summed E-state index contributed by atoms with van der Waals surface area (Å²) in [6.45, 7) is 0.476. The van der Waals surface area contributed by atoms with Crippen LogP contribution in [0.3, 0.4) is 0 Å². The summed E-state index contributed by atoms with van der Waals surface area (Å²) in [4.78, 5) is 14.8. The smallest absolute Gasteiger partial charge is 0.269 e. The maximum Gasteiger partial charge on any atom is 0.269 e. The maximum atomic E-state index is 10.8. The number of hydrogen-bond donors (Lipinski definition) is 1. The van der Waals surface area contributed by atoms with E-state index in [1.807, 2.05) is 60.0 Å². The first-order valence-electron chi connectivity index (χ1n) is 9.44. The van der Waals surface area contributed by atoms with E-state index in [-0.39, 0.29) is 5.69 Å². The van der Waals surface area contributed by atoms with E-state index in [2.05, 4.69) is 15.5 Å². The van der Waals surface area contributed by atoms with E-state index in [0.717, 1.165) is 28.1 Å². The number of non-ortho nitro benzene ring substituents is 1. The quantitative estimate of drug-likeness (QED) is 0.219. The molecule has 31 heavy (non-hydrogen) atoms. The van der Waals surface area contributed by atoms with Gasteiger partial charge in [-0.25, -0.2) is 4.98 Å². The van der Waals surface area contributed by atoms with Gasteiger partial charge in [0.15, 0.2) is 0 Å². The molecule has 4 aromatic rings. The van der Waals surface area contributed by atoms with Crippen molar-refractivity contribution in [3.63, 3.8) is 0 Å². The zero-order chi connectivity index (χ0) is 21.5. The van der Waals surface area contributed by atoms with Gasteiger partial charge in [0.1, 0.15) is 12.4 Å². The Kier molecular flexibility index (Phi) is 6.29. The molecule has 0 saturated carbocycles. The highest BCUT2D eigenvalue weighted by Gasteiger charge is 2.08. The molecule has 3 aromatic carbocycles. The minimum absolute atomic E-state index is 0.0510. The predicted molar refractivity (Wildman–Crippen MR) is 123 cm³/mol. The van der Waals surface area contributed by atoms with Gasteiger partial charge in [0.25, 0.3) is 5.69 Å². The number of ether oxygens (including phenoxy) is 1. The lowest BCUT2D eigenvalue weighted by Gasteiger charge is -2.08. The SMILES string of the molecule is O=[N+]([O-])c1ccc(-c2csc(N/N=C\c3ccccc3OCc3ccccc3)n2)cc1. The van der Waals surface area contributed by atoms with Gasteiger partial charge in [-0.15, -0.1) is 11.3 Å². The maximum absolute atomic E-state index is 10.8. The van der Waals surface area contributed by atoms with E-state index in [0.29, 0.717) is 11.7 Å². The normalized spacial score (nSPS) is 10.8. The Balaban J connectivity index is 1.40. The highest BCUT2D eigenvalue weighted by atomic mass is 32.1. The fourth-order valence-electron chi connectivity index (χ4n) is 2.82. The van der Waals surface area contributed by atoms with Crippen molar-refractivity contribution in [1.82, 2.24) is 4.98 Å². The average Bonchev–Trinajstić information content (AvgIpc) is 3.28. The van der Waals surface area contributed by atoms with Crippen molar-refractivity contribution in [2.45, 2.75) is 6.61 Å². The van der Waals surface area contributed by atoms with Crippen LogP contribution in [0.1, 0.15) is 11.1 Å². The van der Waals surface area contributed by atoms with Crippen LogP contribution in [0.5, 0.6) is 5.75 Å². The molecule has 1 N–H and O–H groups in total. The second kappa shape index (κ2) is 9.64. The average molecular weight is 430 g/mol. The van der Waals surface area contributed by atoms with Gasteiger partial charge in [-0.2, -0.15) is 5.10 Å².